The first kappa shape index (κ1) is 24.4. The fourth-order valence-corrected chi connectivity index (χ4v) is 7.24. The number of hydrogen-bond donors (Lipinski definition) is 1. The molecule has 3 nitrogen and oxygen atoms in total. The maximum atomic E-state index is 4.77. The molecular formula is C29H40IN3. The van der Waals surface area contributed by atoms with Crippen LogP contribution in [-0.4, -0.2) is 19.1 Å². The van der Waals surface area contributed by atoms with Crippen molar-refractivity contribution in [2.24, 2.45) is 18.4 Å². The topological polar surface area (TPSA) is 29.9 Å². The molecule has 0 bridgehead atoms. The van der Waals surface area contributed by atoms with Crippen LogP contribution in [0.15, 0.2) is 46.7 Å². The fourth-order valence-electron chi connectivity index (χ4n) is 5.12. The van der Waals surface area contributed by atoms with Gasteiger partial charge in [0.25, 0.3) is 0 Å². The van der Waals surface area contributed by atoms with Gasteiger partial charge in [-0.2, -0.15) is 0 Å². The molecule has 178 valence electrons. The van der Waals surface area contributed by atoms with Gasteiger partial charge in [-0.3, -0.25) is 0 Å². The lowest BCUT2D eigenvalue weighted by Crippen LogP contribution is -2.19. The summed E-state index contributed by atoms with van der Waals surface area (Å²) in [5, 5.41) is 4.96. The lowest BCUT2D eigenvalue weighted by Gasteiger charge is -2.20. The van der Waals surface area contributed by atoms with Crippen LogP contribution in [0.5, 0.6) is 0 Å². The van der Waals surface area contributed by atoms with Gasteiger partial charge in [0.2, 0.25) is 0 Å². The monoisotopic (exact) mass is 557 g/mol. The molecule has 4 heteroatoms. The number of nitrogens with one attached hydrogen (secondary N) is 1. The van der Waals surface area contributed by atoms with Gasteiger partial charge < -0.3 is 9.88 Å². The Bertz CT molecular complexity index is 1100. The Balaban J connectivity index is 1.51. The Morgan fingerprint density at radius 2 is 2.06 bits per heavy atom. The molecule has 1 aliphatic heterocycles. The molecule has 0 radical (unpaired) electrons. The molecule has 0 amide bonds. The number of pyridine rings is 1. The van der Waals surface area contributed by atoms with Gasteiger partial charge in [-0.1, -0.05) is 66.5 Å². The van der Waals surface area contributed by atoms with Gasteiger partial charge in [-0.25, -0.2) is 4.98 Å². The minimum Gasteiger partial charge on any atom is -0.367 e. The Morgan fingerprint density at radius 3 is 2.88 bits per heavy atom. The number of allylic oxidation sites excluding steroid dienone is 5. The van der Waals surface area contributed by atoms with Crippen LogP contribution in [0, 0.1) is 11.3 Å². The number of aryl methyl sites for hydroxylation is 1. The molecule has 1 unspecified atom stereocenters. The van der Waals surface area contributed by atoms with E-state index < -0.39 is 0 Å². The largest absolute Gasteiger partial charge is 0.367 e. The Morgan fingerprint density at radius 1 is 1.21 bits per heavy atom. The summed E-state index contributed by atoms with van der Waals surface area (Å²) < 4.78 is 6.41. The molecule has 3 heterocycles. The van der Waals surface area contributed by atoms with E-state index in [4.69, 9.17) is 4.98 Å². The molecule has 0 aromatic carbocycles. The van der Waals surface area contributed by atoms with E-state index in [1.54, 1.807) is 3.51 Å². The zero-order chi connectivity index (χ0) is 23.4. The molecule has 33 heavy (non-hydrogen) atoms. The summed E-state index contributed by atoms with van der Waals surface area (Å²) >= 11 is 0.0133. The van der Waals surface area contributed by atoms with E-state index in [0.29, 0.717) is 6.04 Å². The van der Waals surface area contributed by atoms with Crippen molar-refractivity contribution in [2.75, 3.05) is 5.32 Å². The van der Waals surface area contributed by atoms with E-state index in [2.05, 4.69) is 85.1 Å². The van der Waals surface area contributed by atoms with E-state index in [-0.39, 0.29) is 26.1 Å². The third-order valence-electron chi connectivity index (χ3n) is 7.22. The fraction of sp³-hybridized carbons (Fsp3) is 0.517. The Kier molecular flexibility index (Phi) is 7.93. The molecule has 0 saturated heterocycles. The number of rotatable bonds is 7. The highest BCUT2D eigenvalue weighted by Crippen LogP contribution is 2.32. The summed E-state index contributed by atoms with van der Waals surface area (Å²) in [7, 11) is 2.20. The van der Waals surface area contributed by atoms with Crippen molar-refractivity contribution in [3.8, 4) is 0 Å². The van der Waals surface area contributed by atoms with Crippen LogP contribution in [0.1, 0.15) is 78.3 Å². The summed E-state index contributed by atoms with van der Waals surface area (Å²) in [6.07, 6.45) is 20.3. The summed E-state index contributed by atoms with van der Waals surface area (Å²) in [4.78, 5) is 4.77. The summed E-state index contributed by atoms with van der Waals surface area (Å²) in [5.41, 5.74) is 4.16. The van der Waals surface area contributed by atoms with Crippen LogP contribution < -0.4 is 5.32 Å². The maximum absolute atomic E-state index is 4.77. The van der Waals surface area contributed by atoms with Crippen molar-refractivity contribution in [2.45, 2.75) is 78.7 Å². The van der Waals surface area contributed by atoms with Gasteiger partial charge in [0, 0.05) is 36.4 Å². The van der Waals surface area contributed by atoms with Crippen LogP contribution in [0.4, 0.5) is 5.82 Å². The zero-order valence-electron chi connectivity index (χ0n) is 21.0. The molecule has 1 saturated carbocycles. The number of nitrogens with zero attached hydrogens (tertiary/aromatic N) is 2. The van der Waals surface area contributed by atoms with Gasteiger partial charge in [0.05, 0.1) is 5.52 Å². The van der Waals surface area contributed by atoms with Crippen LogP contribution in [0.3, 0.4) is 0 Å². The summed E-state index contributed by atoms with van der Waals surface area (Å²) in [6, 6.07) is 5.11. The Labute approximate surface area is 210 Å². The van der Waals surface area contributed by atoms with Crippen molar-refractivity contribution in [3.05, 3.63) is 52.4 Å². The smallest absolute Gasteiger partial charge is 0.128 e. The minimum absolute atomic E-state index is 0.0133. The summed E-state index contributed by atoms with van der Waals surface area (Å²) in [5.74, 6) is 1.88. The predicted molar refractivity (Wildman–Crippen MR) is 154 cm³/mol. The van der Waals surface area contributed by atoms with Crippen LogP contribution in [0.25, 0.3) is 16.5 Å². The maximum Gasteiger partial charge on any atom is 0.128 e. The molecule has 4 rings (SSSR count). The highest BCUT2D eigenvalue weighted by Gasteiger charge is 2.18. The van der Waals surface area contributed by atoms with Crippen molar-refractivity contribution in [3.63, 3.8) is 0 Å². The normalized spacial score (nSPS) is 22.1. The number of anilines is 1. The predicted octanol–water partition coefficient (Wildman–Crippen LogP) is 8.39. The van der Waals surface area contributed by atoms with Gasteiger partial charge in [0.15, 0.2) is 0 Å². The molecule has 1 fully saturated rings. The summed E-state index contributed by atoms with van der Waals surface area (Å²) in [6.45, 7) is 9.19. The van der Waals surface area contributed by atoms with Crippen LogP contribution in [0.2, 0.25) is 0 Å². The molecule has 2 aromatic rings. The number of hydrogen-bond acceptors (Lipinski definition) is 2. The average Bonchev–Trinajstić information content (AvgIpc) is 2.97. The molecule has 1 aliphatic carbocycles. The number of aromatic nitrogens is 2. The molecular weight excluding hydrogens is 517 g/mol. The second kappa shape index (κ2) is 10.7. The molecule has 1 N–H and O–H groups in total. The highest BCUT2D eigenvalue weighted by atomic mass is 127. The third kappa shape index (κ3) is 6.26. The standard InChI is InChI=1S/C29H40IN3/c1-6-14-29(3,4)15-12-24-17-22(13-16-30-24)26-18-23-20-31-28(19-27(23)33(26)5)32-25-9-7-8-21(2)10-11-25/h6,13-14,16-21,25H,7-12,15H2,1-5H3,(H,31,32)/b14-6+/t21-,25?/m1/s1. The molecule has 0 spiro atoms. The second-order valence-corrected chi connectivity index (χ2v) is 13.3. The number of fused-ring (bicyclic) bond motifs is 1. The van der Waals surface area contributed by atoms with Crippen LogP contribution in [-0.2, 0) is 7.05 Å². The Hall–Kier alpha value is -1.69. The SMILES string of the molecule is C/C=C/C(C)(C)CCC1=IC=CC(c2cc3cnc(NC4CCC[C@@H](C)CC4)cc3n2C)=C1. The third-order valence-corrected chi connectivity index (χ3v) is 9.59. The van der Waals surface area contributed by atoms with Crippen molar-refractivity contribution in [1.29, 1.82) is 0 Å². The van der Waals surface area contributed by atoms with Crippen LogP contribution >= 0.6 is 20.7 Å². The number of halogens is 1. The molecule has 2 aromatic heterocycles. The minimum atomic E-state index is 0.0133. The van der Waals surface area contributed by atoms with Crippen molar-refractivity contribution < 1.29 is 0 Å². The lowest BCUT2D eigenvalue weighted by molar-refractivity contribution is 0.449. The van der Waals surface area contributed by atoms with Crippen molar-refractivity contribution >= 4 is 46.5 Å². The van der Waals surface area contributed by atoms with Gasteiger partial charge in [-0.15, -0.1) is 0 Å². The lowest BCUT2D eigenvalue weighted by atomic mass is 9.86. The van der Waals surface area contributed by atoms with E-state index >= 15 is 0 Å². The first-order chi connectivity index (χ1) is 15.8. The quantitative estimate of drug-likeness (QED) is 0.211. The van der Waals surface area contributed by atoms with Crippen molar-refractivity contribution in [1.82, 2.24) is 9.55 Å². The highest BCUT2D eigenvalue weighted by molar-refractivity contribution is 14.2. The van der Waals surface area contributed by atoms with E-state index in [1.165, 1.54) is 67.1 Å². The molecule has 2 atom stereocenters. The van der Waals surface area contributed by atoms with E-state index in [0.717, 1.165) is 11.7 Å². The zero-order valence-corrected chi connectivity index (χ0v) is 23.2. The second-order valence-electron chi connectivity index (χ2n) is 10.6. The van der Waals surface area contributed by atoms with E-state index in [9.17, 15) is 0 Å². The van der Waals surface area contributed by atoms with Gasteiger partial charge in [0.1, 0.15) is 5.82 Å². The molecule has 2 aliphatic rings. The first-order valence-corrected chi connectivity index (χ1v) is 14.9. The van der Waals surface area contributed by atoms with E-state index in [1.807, 2.05) is 6.20 Å². The van der Waals surface area contributed by atoms with Gasteiger partial charge >= 0.3 is 0 Å². The first-order valence-electron chi connectivity index (χ1n) is 12.6. The average molecular weight is 558 g/mol. The van der Waals surface area contributed by atoms with Gasteiger partial charge in [-0.05, 0) is 81.7 Å².